The maximum absolute atomic E-state index is 11.8. The summed E-state index contributed by atoms with van der Waals surface area (Å²) >= 11 is 0. The number of hydrogen-bond acceptors (Lipinski definition) is 8. The highest BCUT2D eigenvalue weighted by molar-refractivity contribution is 5.98. The van der Waals surface area contributed by atoms with Crippen LogP contribution in [-0.2, 0) is 4.79 Å². The monoisotopic (exact) mass is 400 g/mol. The van der Waals surface area contributed by atoms with E-state index in [4.69, 9.17) is 21.3 Å². The van der Waals surface area contributed by atoms with Gasteiger partial charge in [0.1, 0.15) is 17.1 Å². The number of aromatic nitrogens is 2. The van der Waals surface area contributed by atoms with E-state index >= 15 is 0 Å². The SMILES string of the molecule is NC(=O)c1cnc(N[C@@H]2CCCC[C@@H]2N)nc1Nc1ccc(OCC(=O)O)cc1. The fourth-order valence-electron chi connectivity index (χ4n) is 3.15. The van der Waals surface area contributed by atoms with Crippen molar-refractivity contribution >= 4 is 29.3 Å². The number of nitrogens with one attached hydrogen (secondary N) is 2. The Kier molecular flexibility index (Phi) is 6.45. The van der Waals surface area contributed by atoms with Crippen molar-refractivity contribution in [3.8, 4) is 5.75 Å². The number of ether oxygens (including phenoxy) is 1. The summed E-state index contributed by atoms with van der Waals surface area (Å²) in [5.74, 6) is -0.684. The third kappa shape index (κ3) is 5.55. The lowest BCUT2D eigenvalue weighted by atomic mass is 9.91. The molecule has 29 heavy (non-hydrogen) atoms. The van der Waals surface area contributed by atoms with Gasteiger partial charge in [0.2, 0.25) is 5.95 Å². The molecule has 154 valence electrons. The number of hydrogen-bond donors (Lipinski definition) is 5. The third-order valence-corrected chi connectivity index (χ3v) is 4.67. The summed E-state index contributed by atoms with van der Waals surface area (Å²) in [4.78, 5) is 30.9. The molecule has 1 heterocycles. The van der Waals surface area contributed by atoms with Crippen LogP contribution in [0.4, 0.5) is 17.5 Å². The van der Waals surface area contributed by atoms with Crippen LogP contribution in [0.3, 0.4) is 0 Å². The Morgan fingerprint density at radius 1 is 1.21 bits per heavy atom. The first-order valence-electron chi connectivity index (χ1n) is 9.33. The van der Waals surface area contributed by atoms with Gasteiger partial charge in [-0.25, -0.2) is 9.78 Å². The molecule has 10 nitrogen and oxygen atoms in total. The molecule has 1 fully saturated rings. The molecule has 3 rings (SSSR count). The van der Waals surface area contributed by atoms with Crippen LogP contribution in [0.1, 0.15) is 36.0 Å². The molecule has 1 aromatic heterocycles. The molecular formula is C19H24N6O4. The number of carboxylic acids is 1. The minimum atomic E-state index is -1.06. The van der Waals surface area contributed by atoms with Crippen molar-refractivity contribution in [2.75, 3.05) is 17.2 Å². The summed E-state index contributed by atoms with van der Waals surface area (Å²) in [5.41, 5.74) is 12.4. The fraction of sp³-hybridized carbons (Fsp3) is 0.368. The lowest BCUT2D eigenvalue weighted by Crippen LogP contribution is -2.43. The zero-order valence-electron chi connectivity index (χ0n) is 15.8. The van der Waals surface area contributed by atoms with Crippen molar-refractivity contribution in [1.82, 2.24) is 9.97 Å². The molecule has 0 aliphatic heterocycles. The van der Waals surface area contributed by atoms with E-state index in [1.165, 1.54) is 6.20 Å². The van der Waals surface area contributed by atoms with Crippen molar-refractivity contribution in [2.45, 2.75) is 37.8 Å². The first kappa shape index (κ1) is 20.3. The van der Waals surface area contributed by atoms with Gasteiger partial charge in [-0.3, -0.25) is 4.79 Å². The highest BCUT2D eigenvalue weighted by Gasteiger charge is 2.23. The first-order valence-corrected chi connectivity index (χ1v) is 9.33. The number of amides is 1. The van der Waals surface area contributed by atoms with Crippen molar-refractivity contribution < 1.29 is 19.4 Å². The third-order valence-electron chi connectivity index (χ3n) is 4.67. The van der Waals surface area contributed by atoms with Gasteiger partial charge < -0.3 is 31.9 Å². The molecule has 1 amide bonds. The van der Waals surface area contributed by atoms with Crippen molar-refractivity contribution in [1.29, 1.82) is 0 Å². The van der Waals surface area contributed by atoms with E-state index in [1.54, 1.807) is 24.3 Å². The molecular weight excluding hydrogens is 376 g/mol. The van der Waals surface area contributed by atoms with E-state index in [2.05, 4.69) is 20.6 Å². The van der Waals surface area contributed by atoms with Gasteiger partial charge in [0, 0.05) is 24.0 Å². The van der Waals surface area contributed by atoms with Crippen LogP contribution >= 0.6 is 0 Å². The van der Waals surface area contributed by atoms with Crippen LogP contribution < -0.4 is 26.8 Å². The lowest BCUT2D eigenvalue weighted by molar-refractivity contribution is -0.139. The van der Waals surface area contributed by atoms with E-state index in [1.807, 2.05) is 0 Å². The van der Waals surface area contributed by atoms with Gasteiger partial charge in [-0.05, 0) is 37.1 Å². The largest absolute Gasteiger partial charge is 0.482 e. The Bertz CT molecular complexity index is 874. The number of rotatable bonds is 8. The van der Waals surface area contributed by atoms with Crippen LogP contribution in [0.2, 0.25) is 0 Å². The molecule has 10 heteroatoms. The lowest BCUT2D eigenvalue weighted by Gasteiger charge is -2.29. The number of primary amides is 1. The second-order valence-electron chi connectivity index (χ2n) is 6.85. The van der Waals surface area contributed by atoms with Crippen LogP contribution in [0, 0.1) is 0 Å². The van der Waals surface area contributed by atoms with Crippen LogP contribution in [-0.4, -0.2) is 45.6 Å². The number of carboxylic acid groups (broad SMARTS) is 1. The Labute approximate surface area is 167 Å². The Balaban J connectivity index is 1.75. The van der Waals surface area contributed by atoms with Gasteiger partial charge in [0.05, 0.1) is 0 Å². The smallest absolute Gasteiger partial charge is 0.341 e. The van der Waals surface area contributed by atoms with Gasteiger partial charge in [0.15, 0.2) is 6.61 Å². The molecule has 2 atom stereocenters. The van der Waals surface area contributed by atoms with E-state index < -0.39 is 18.5 Å². The van der Waals surface area contributed by atoms with Gasteiger partial charge in [0.25, 0.3) is 5.91 Å². The van der Waals surface area contributed by atoms with Crippen molar-refractivity contribution in [3.05, 3.63) is 36.0 Å². The van der Waals surface area contributed by atoms with Gasteiger partial charge in [-0.15, -0.1) is 0 Å². The fourth-order valence-corrected chi connectivity index (χ4v) is 3.15. The van der Waals surface area contributed by atoms with Gasteiger partial charge >= 0.3 is 5.97 Å². The molecule has 2 aromatic rings. The van der Waals surface area contributed by atoms with E-state index in [9.17, 15) is 9.59 Å². The maximum Gasteiger partial charge on any atom is 0.341 e. The molecule has 1 aliphatic rings. The Morgan fingerprint density at radius 2 is 1.93 bits per heavy atom. The topological polar surface area (TPSA) is 165 Å². The standard InChI is InChI=1S/C19H24N6O4/c20-14-3-1-2-4-15(14)24-19-22-9-13(17(21)28)18(25-19)23-11-5-7-12(8-6-11)29-10-16(26)27/h5-9,14-15H,1-4,10,20H2,(H2,21,28)(H,26,27)(H2,22,23,24,25)/t14-,15+/m0/s1. The summed E-state index contributed by atoms with van der Waals surface area (Å²) < 4.78 is 5.10. The number of benzene rings is 1. The second-order valence-corrected chi connectivity index (χ2v) is 6.85. The van der Waals surface area contributed by atoms with Crippen molar-refractivity contribution in [2.24, 2.45) is 11.5 Å². The number of aliphatic carboxylic acids is 1. The minimum Gasteiger partial charge on any atom is -0.482 e. The summed E-state index contributed by atoms with van der Waals surface area (Å²) in [7, 11) is 0. The zero-order valence-corrected chi connectivity index (χ0v) is 15.8. The van der Waals surface area contributed by atoms with Crippen molar-refractivity contribution in [3.63, 3.8) is 0 Å². The Morgan fingerprint density at radius 3 is 2.59 bits per heavy atom. The average Bonchev–Trinajstić information content (AvgIpc) is 2.69. The number of anilines is 3. The van der Waals surface area contributed by atoms with E-state index in [-0.39, 0.29) is 23.5 Å². The number of nitrogens with zero attached hydrogens (tertiary/aromatic N) is 2. The van der Waals surface area contributed by atoms with Crippen LogP contribution in [0.5, 0.6) is 5.75 Å². The second kappa shape index (κ2) is 9.20. The predicted molar refractivity (Wildman–Crippen MR) is 107 cm³/mol. The quantitative estimate of drug-likeness (QED) is 0.441. The molecule has 0 spiro atoms. The zero-order chi connectivity index (χ0) is 20.8. The summed E-state index contributed by atoms with van der Waals surface area (Å²) in [6, 6.07) is 6.66. The van der Waals surface area contributed by atoms with E-state index in [0.29, 0.717) is 17.4 Å². The van der Waals surface area contributed by atoms with E-state index in [0.717, 1.165) is 25.7 Å². The molecule has 0 bridgehead atoms. The minimum absolute atomic E-state index is 0.0259. The first-order chi connectivity index (χ1) is 13.9. The molecule has 0 radical (unpaired) electrons. The summed E-state index contributed by atoms with van der Waals surface area (Å²) in [6.45, 7) is -0.428. The Hall–Kier alpha value is -3.40. The van der Waals surface area contributed by atoms with Gasteiger partial charge in [-0.1, -0.05) is 12.8 Å². The number of carbonyl (C=O) groups excluding carboxylic acids is 1. The molecule has 7 N–H and O–H groups in total. The number of carbonyl (C=O) groups is 2. The maximum atomic E-state index is 11.8. The van der Waals surface area contributed by atoms with Crippen LogP contribution in [0.25, 0.3) is 0 Å². The normalized spacial score (nSPS) is 18.7. The average molecular weight is 400 g/mol. The van der Waals surface area contributed by atoms with Gasteiger partial charge in [-0.2, -0.15) is 4.98 Å². The molecule has 0 saturated heterocycles. The summed E-state index contributed by atoms with van der Waals surface area (Å²) in [5, 5.41) is 14.9. The summed E-state index contributed by atoms with van der Waals surface area (Å²) in [6.07, 6.45) is 5.45. The molecule has 0 unspecified atom stereocenters. The predicted octanol–water partition coefficient (Wildman–Crippen LogP) is 1.46. The molecule has 1 aliphatic carbocycles. The number of nitrogens with two attached hydrogens (primary N) is 2. The highest BCUT2D eigenvalue weighted by Crippen LogP contribution is 2.24. The van der Waals surface area contributed by atoms with Crippen LogP contribution in [0.15, 0.2) is 30.5 Å². The highest BCUT2D eigenvalue weighted by atomic mass is 16.5. The molecule has 1 aromatic carbocycles. The molecule has 1 saturated carbocycles.